The summed E-state index contributed by atoms with van der Waals surface area (Å²) in [6.07, 6.45) is 17.5. The highest BCUT2D eigenvalue weighted by Crippen LogP contribution is 2.31. The van der Waals surface area contributed by atoms with Gasteiger partial charge in [-0.05, 0) is 66.8 Å². The molecule has 0 spiro atoms. The minimum atomic E-state index is 0.748. The summed E-state index contributed by atoms with van der Waals surface area (Å²) < 4.78 is 0. The van der Waals surface area contributed by atoms with Gasteiger partial charge in [0.15, 0.2) is 0 Å². The predicted molar refractivity (Wildman–Crippen MR) is 147 cm³/mol. The molecule has 5 nitrogen and oxygen atoms in total. The Morgan fingerprint density at radius 1 is 1.14 bits per heavy atom. The minimum absolute atomic E-state index is 0.748. The third-order valence-corrected chi connectivity index (χ3v) is 7.00. The van der Waals surface area contributed by atoms with Gasteiger partial charge in [0, 0.05) is 28.4 Å². The molecule has 5 heteroatoms. The van der Waals surface area contributed by atoms with Crippen molar-refractivity contribution in [2.75, 3.05) is 0 Å². The van der Waals surface area contributed by atoms with Gasteiger partial charge in [-0.15, -0.1) is 0 Å². The topological polar surface area (TPSA) is 69.4 Å². The first-order valence-corrected chi connectivity index (χ1v) is 12.5. The van der Waals surface area contributed by atoms with E-state index in [-0.39, 0.29) is 0 Å². The van der Waals surface area contributed by atoms with Gasteiger partial charge in [-0.25, -0.2) is 0 Å². The van der Waals surface area contributed by atoms with Gasteiger partial charge < -0.3 is 10.3 Å². The van der Waals surface area contributed by atoms with Gasteiger partial charge in [0.1, 0.15) is 5.69 Å². The van der Waals surface area contributed by atoms with Crippen LogP contribution in [-0.4, -0.2) is 20.2 Å². The molecule has 0 amide bonds. The number of nitrogens with zero attached hydrogens (tertiary/aromatic N) is 2. The fourth-order valence-corrected chi connectivity index (χ4v) is 5.14. The number of hydrogen-bond donors (Lipinski definition) is 3. The van der Waals surface area contributed by atoms with Gasteiger partial charge in [0.2, 0.25) is 0 Å². The number of rotatable bonds is 8. The van der Waals surface area contributed by atoms with Gasteiger partial charge in [0.05, 0.1) is 22.9 Å². The minimum Gasteiger partial charge on any atom is -0.359 e. The third-order valence-electron chi connectivity index (χ3n) is 7.00. The number of aromatic nitrogens is 4. The molecule has 0 radical (unpaired) electrons. The van der Waals surface area contributed by atoms with Crippen LogP contribution in [0.4, 0.5) is 0 Å². The Bertz CT molecular complexity index is 1390. The molecule has 1 saturated carbocycles. The molecule has 0 aliphatic heterocycles. The standard InChI is InChI=1S/C30H33N5/c1-4-22(16-25(5-2)32-20(3)15-21-9-7-6-8-10-21)23-11-12-27-26(17-23)30(35-34-27)28-18-24-13-14-31-19-29(24)33-28/h4-5,11-14,16-19,21,32-33H,2-3,6-10,15H2,1H3,(H,34,35)/b22-4+,25-16+. The molecular weight excluding hydrogens is 430 g/mol. The molecule has 3 N–H and O–H groups in total. The van der Waals surface area contributed by atoms with E-state index in [1.807, 2.05) is 18.3 Å². The number of fused-ring (bicyclic) bond motifs is 2. The number of nitrogens with one attached hydrogen (secondary N) is 3. The van der Waals surface area contributed by atoms with E-state index in [0.717, 1.165) is 68.1 Å². The van der Waals surface area contributed by atoms with Crippen molar-refractivity contribution in [2.45, 2.75) is 45.4 Å². The molecule has 1 aromatic carbocycles. The molecule has 0 unspecified atom stereocenters. The summed E-state index contributed by atoms with van der Waals surface area (Å²) in [4.78, 5) is 7.66. The van der Waals surface area contributed by atoms with Crippen LogP contribution in [0.2, 0.25) is 0 Å². The van der Waals surface area contributed by atoms with Gasteiger partial charge in [0.25, 0.3) is 0 Å². The van der Waals surface area contributed by atoms with E-state index in [1.54, 1.807) is 6.20 Å². The van der Waals surface area contributed by atoms with E-state index in [2.05, 4.69) is 82.0 Å². The summed E-state index contributed by atoms with van der Waals surface area (Å²) in [5, 5.41) is 13.5. The zero-order valence-corrected chi connectivity index (χ0v) is 20.4. The molecule has 1 aliphatic carbocycles. The fraction of sp³-hybridized carbons (Fsp3) is 0.267. The number of pyridine rings is 1. The highest BCUT2D eigenvalue weighted by atomic mass is 15.1. The van der Waals surface area contributed by atoms with Crippen LogP contribution in [-0.2, 0) is 0 Å². The van der Waals surface area contributed by atoms with Gasteiger partial charge >= 0.3 is 0 Å². The Labute approximate surface area is 206 Å². The Morgan fingerprint density at radius 2 is 2.00 bits per heavy atom. The van der Waals surface area contributed by atoms with Crippen molar-refractivity contribution in [1.29, 1.82) is 0 Å². The first-order chi connectivity index (χ1) is 17.1. The lowest BCUT2D eigenvalue weighted by Gasteiger charge is -2.23. The van der Waals surface area contributed by atoms with Crippen LogP contribution in [0.15, 0.2) is 85.5 Å². The van der Waals surface area contributed by atoms with Crippen molar-refractivity contribution < 1.29 is 0 Å². The first-order valence-electron chi connectivity index (χ1n) is 12.5. The van der Waals surface area contributed by atoms with E-state index in [4.69, 9.17) is 0 Å². The molecule has 3 heterocycles. The Kier molecular flexibility index (Phi) is 6.66. The summed E-state index contributed by atoms with van der Waals surface area (Å²) >= 11 is 0. The highest BCUT2D eigenvalue weighted by Gasteiger charge is 2.15. The second-order valence-corrected chi connectivity index (χ2v) is 9.46. The van der Waals surface area contributed by atoms with E-state index in [1.165, 1.54) is 32.1 Å². The van der Waals surface area contributed by atoms with E-state index in [9.17, 15) is 0 Å². The molecular formula is C30H33N5. The highest BCUT2D eigenvalue weighted by molar-refractivity contribution is 5.97. The van der Waals surface area contributed by atoms with Crippen LogP contribution in [0.1, 0.15) is 51.0 Å². The maximum absolute atomic E-state index is 4.61. The molecule has 1 fully saturated rings. The Morgan fingerprint density at radius 3 is 2.77 bits per heavy atom. The van der Waals surface area contributed by atoms with E-state index >= 15 is 0 Å². The third kappa shape index (κ3) is 4.99. The van der Waals surface area contributed by atoms with Gasteiger partial charge in [-0.3, -0.25) is 10.1 Å². The van der Waals surface area contributed by atoms with Crippen molar-refractivity contribution in [3.63, 3.8) is 0 Å². The molecule has 3 aromatic heterocycles. The summed E-state index contributed by atoms with van der Waals surface area (Å²) in [5.41, 5.74) is 8.16. The van der Waals surface area contributed by atoms with Crippen LogP contribution < -0.4 is 5.32 Å². The first kappa shape index (κ1) is 22.9. The summed E-state index contributed by atoms with van der Waals surface area (Å²) in [5.74, 6) is 0.748. The fourth-order valence-electron chi connectivity index (χ4n) is 5.14. The largest absolute Gasteiger partial charge is 0.359 e. The SMILES string of the molecule is C=C/C(=C\C(=C/C)c1ccc2[nH]nc(-c3cc4ccncc4[nH]3)c2c1)NC(=C)CC1CCCCC1. The van der Waals surface area contributed by atoms with Crippen molar-refractivity contribution in [3.05, 3.63) is 91.1 Å². The molecule has 4 aromatic rings. The lowest BCUT2D eigenvalue weighted by Crippen LogP contribution is -2.15. The van der Waals surface area contributed by atoms with Crippen molar-refractivity contribution in [2.24, 2.45) is 5.92 Å². The molecule has 35 heavy (non-hydrogen) atoms. The van der Waals surface area contributed by atoms with Crippen LogP contribution in [0, 0.1) is 5.92 Å². The quantitative estimate of drug-likeness (QED) is 0.235. The maximum Gasteiger partial charge on any atom is 0.116 e. The van der Waals surface area contributed by atoms with Crippen LogP contribution in [0.25, 0.3) is 38.8 Å². The summed E-state index contributed by atoms with van der Waals surface area (Å²) in [6, 6.07) is 10.5. The Balaban J connectivity index is 1.40. The number of hydrogen-bond acceptors (Lipinski definition) is 3. The zero-order chi connectivity index (χ0) is 24.2. The summed E-state index contributed by atoms with van der Waals surface area (Å²) in [7, 11) is 0. The number of benzene rings is 1. The van der Waals surface area contributed by atoms with Gasteiger partial charge in [-0.1, -0.05) is 57.4 Å². The molecule has 0 atom stereocenters. The number of H-pyrrole nitrogens is 2. The van der Waals surface area contributed by atoms with Gasteiger partial charge in [-0.2, -0.15) is 5.10 Å². The van der Waals surface area contributed by atoms with Crippen molar-refractivity contribution in [3.8, 4) is 11.4 Å². The lowest BCUT2D eigenvalue weighted by atomic mass is 9.86. The summed E-state index contributed by atoms with van der Waals surface area (Å²) in [6.45, 7) is 10.4. The Hall–Kier alpha value is -3.86. The maximum atomic E-state index is 4.61. The second kappa shape index (κ2) is 10.2. The smallest absolute Gasteiger partial charge is 0.116 e. The lowest BCUT2D eigenvalue weighted by molar-refractivity contribution is 0.353. The molecule has 0 saturated heterocycles. The van der Waals surface area contributed by atoms with Crippen molar-refractivity contribution in [1.82, 2.24) is 25.5 Å². The average molecular weight is 464 g/mol. The van der Waals surface area contributed by atoms with Crippen LogP contribution in [0.5, 0.6) is 0 Å². The van der Waals surface area contributed by atoms with E-state index in [0.29, 0.717) is 0 Å². The zero-order valence-electron chi connectivity index (χ0n) is 20.4. The molecule has 5 rings (SSSR count). The van der Waals surface area contributed by atoms with E-state index < -0.39 is 0 Å². The monoisotopic (exact) mass is 463 g/mol. The molecule has 178 valence electrons. The normalized spacial score (nSPS) is 15.6. The second-order valence-electron chi connectivity index (χ2n) is 9.46. The van der Waals surface area contributed by atoms with Crippen LogP contribution >= 0.6 is 0 Å². The molecule has 0 bridgehead atoms. The average Bonchev–Trinajstić information content (AvgIpc) is 3.50. The van der Waals surface area contributed by atoms with Crippen LogP contribution in [0.3, 0.4) is 0 Å². The molecule has 1 aliphatic rings. The predicted octanol–water partition coefficient (Wildman–Crippen LogP) is 7.65. The number of aromatic amines is 2. The number of allylic oxidation sites excluding steroid dienone is 5. The van der Waals surface area contributed by atoms with Crippen molar-refractivity contribution >= 4 is 27.4 Å².